The molecule has 1 saturated heterocycles. The standard InChI is InChI=1S/C29H29NO6/c1-19-6-3-7-20(16-19)18-36-24-12-10-21(11-13-24)27(32)25-26(22-8-4-9-23(31)17-22)30(14-5-15-35-2)29(34)28(25)33/h3-4,6-13,16-17,26,31-32H,5,14-15,18H2,1-2H3/b27-25+/t26-/m1/s1. The number of likely N-dealkylation sites (tertiary alicyclic amines) is 1. The Kier molecular flexibility index (Phi) is 7.71. The van der Waals surface area contributed by atoms with Gasteiger partial charge >= 0.3 is 0 Å². The number of nitrogens with zero attached hydrogens (tertiary/aromatic N) is 1. The summed E-state index contributed by atoms with van der Waals surface area (Å²) in [6.45, 7) is 3.10. The van der Waals surface area contributed by atoms with Crippen LogP contribution in [0.25, 0.3) is 5.76 Å². The van der Waals surface area contributed by atoms with Gasteiger partial charge in [0.2, 0.25) is 0 Å². The van der Waals surface area contributed by atoms with E-state index in [1.807, 2.05) is 31.2 Å². The maximum atomic E-state index is 13.1. The molecule has 0 aliphatic carbocycles. The Morgan fingerprint density at radius 1 is 1.00 bits per heavy atom. The van der Waals surface area contributed by atoms with Gasteiger partial charge in [-0.15, -0.1) is 0 Å². The number of carbonyl (C=O) groups is 2. The number of carbonyl (C=O) groups excluding carboxylic acids is 2. The van der Waals surface area contributed by atoms with E-state index in [-0.39, 0.29) is 23.6 Å². The van der Waals surface area contributed by atoms with Gasteiger partial charge in [0.15, 0.2) is 0 Å². The van der Waals surface area contributed by atoms with E-state index in [1.165, 1.54) is 17.0 Å². The number of phenolic OH excluding ortho intramolecular Hbond substituents is 1. The molecule has 1 aliphatic rings. The quantitative estimate of drug-likeness (QED) is 0.196. The van der Waals surface area contributed by atoms with Crippen molar-refractivity contribution in [1.82, 2.24) is 4.90 Å². The van der Waals surface area contributed by atoms with Crippen molar-refractivity contribution in [2.24, 2.45) is 0 Å². The zero-order chi connectivity index (χ0) is 25.7. The van der Waals surface area contributed by atoms with Crippen LogP contribution in [0.3, 0.4) is 0 Å². The monoisotopic (exact) mass is 487 g/mol. The first-order valence-corrected chi connectivity index (χ1v) is 11.7. The molecule has 1 atom stereocenters. The fraction of sp³-hybridized carbons (Fsp3) is 0.241. The van der Waals surface area contributed by atoms with Gasteiger partial charge in [-0.25, -0.2) is 0 Å². The SMILES string of the molecule is COCCCN1C(=O)C(=O)/C(=C(/O)c2ccc(OCc3cccc(C)c3)cc2)[C@H]1c1cccc(O)c1. The van der Waals surface area contributed by atoms with E-state index in [0.29, 0.717) is 36.5 Å². The fourth-order valence-electron chi connectivity index (χ4n) is 4.36. The van der Waals surface area contributed by atoms with Crippen LogP contribution in [0.5, 0.6) is 11.5 Å². The number of phenols is 1. The maximum Gasteiger partial charge on any atom is 0.295 e. The molecule has 2 N–H and O–H groups in total. The Hall–Kier alpha value is -4.10. The van der Waals surface area contributed by atoms with Crippen LogP contribution in [0.4, 0.5) is 0 Å². The van der Waals surface area contributed by atoms with Crippen LogP contribution in [-0.4, -0.2) is 47.1 Å². The normalized spacial score (nSPS) is 16.9. The zero-order valence-electron chi connectivity index (χ0n) is 20.3. The van der Waals surface area contributed by atoms with Crippen LogP contribution in [0.15, 0.2) is 78.4 Å². The van der Waals surface area contributed by atoms with E-state index in [4.69, 9.17) is 9.47 Å². The molecular weight excluding hydrogens is 458 g/mol. The van der Waals surface area contributed by atoms with Crippen molar-refractivity contribution in [3.63, 3.8) is 0 Å². The molecule has 0 unspecified atom stereocenters. The Labute approximate surface area is 210 Å². The Balaban J connectivity index is 1.63. The van der Waals surface area contributed by atoms with Gasteiger partial charge < -0.3 is 24.6 Å². The number of hydrogen-bond donors (Lipinski definition) is 2. The number of aliphatic hydroxyl groups excluding tert-OH is 1. The summed E-state index contributed by atoms with van der Waals surface area (Å²) in [6.07, 6.45) is 0.520. The average Bonchev–Trinajstić information content (AvgIpc) is 3.13. The van der Waals surface area contributed by atoms with Crippen molar-refractivity contribution in [2.75, 3.05) is 20.3 Å². The molecule has 7 nitrogen and oxygen atoms in total. The van der Waals surface area contributed by atoms with Gasteiger partial charge in [0, 0.05) is 25.8 Å². The molecule has 36 heavy (non-hydrogen) atoms. The molecule has 0 spiro atoms. The third kappa shape index (κ3) is 5.42. The van der Waals surface area contributed by atoms with Crippen LogP contribution in [0.2, 0.25) is 0 Å². The minimum atomic E-state index is -0.828. The number of ketones is 1. The number of rotatable bonds is 9. The topological polar surface area (TPSA) is 96.3 Å². The Morgan fingerprint density at radius 2 is 1.75 bits per heavy atom. The van der Waals surface area contributed by atoms with Crippen molar-refractivity contribution >= 4 is 17.4 Å². The predicted molar refractivity (Wildman–Crippen MR) is 136 cm³/mol. The molecule has 0 saturated carbocycles. The van der Waals surface area contributed by atoms with Gasteiger partial charge in [-0.05, 0) is 60.9 Å². The van der Waals surface area contributed by atoms with E-state index in [0.717, 1.165) is 11.1 Å². The van der Waals surface area contributed by atoms with Crippen molar-refractivity contribution in [1.29, 1.82) is 0 Å². The molecule has 0 radical (unpaired) electrons. The van der Waals surface area contributed by atoms with E-state index in [1.54, 1.807) is 43.5 Å². The molecule has 1 amide bonds. The highest BCUT2D eigenvalue weighted by Crippen LogP contribution is 2.40. The third-order valence-corrected chi connectivity index (χ3v) is 6.09. The molecule has 4 rings (SSSR count). The first-order chi connectivity index (χ1) is 17.4. The summed E-state index contributed by atoms with van der Waals surface area (Å²) in [6, 6.07) is 20.3. The lowest BCUT2D eigenvalue weighted by Crippen LogP contribution is -2.31. The molecule has 1 heterocycles. The lowest BCUT2D eigenvalue weighted by Gasteiger charge is -2.25. The molecule has 7 heteroatoms. The number of aliphatic hydroxyl groups is 1. The van der Waals surface area contributed by atoms with Gasteiger partial charge in [-0.2, -0.15) is 0 Å². The van der Waals surface area contributed by atoms with Gasteiger partial charge in [-0.3, -0.25) is 9.59 Å². The first-order valence-electron chi connectivity index (χ1n) is 11.7. The lowest BCUT2D eigenvalue weighted by molar-refractivity contribution is -0.140. The summed E-state index contributed by atoms with van der Waals surface area (Å²) in [5.74, 6) is -1.12. The highest BCUT2D eigenvalue weighted by atomic mass is 16.5. The largest absolute Gasteiger partial charge is 0.508 e. The van der Waals surface area contributed by atoms with Crippen molar-refractivity contribution in [2.45, 2.75) is 26.0 Å². The Bertz CT molecular complexity index is 1280. The molecule has 1 fully saturated rings. The second-order valence-corrected chi connectivity index (χ2v) is 8.74. The van der Waals surface area contributed by atoms with E-state index in [2.05, 4.69) is 0 Å². The summed E-state index contributed by atoms with van der Waals surface area (Å²) in [5, 5.41) is 21.2. The van der Waals surface area contributed by atoms with Crippen LogP contribution in [0.1, 0.15) is 34.7 Å². The van der Waals surface area contributed by atoms with Crippen molar-refractivity contribution in [3.8, 4) is 11.5 Å². The van der Waals surface area contributed by atoms with Crippen molar-refractivity contribution < 1.29 is 29.3 Å². The van der Waals surface area contributed by atoms with Crippen molar-refractivity contribution in [3.05, 3.63) is 101 Å². The van der Waals surface area contributed by atoms with Gasteiger partial charge in [0.1, 0.15) is 23.9 Å². The zero-order valence-corrected chi connectivity index (χ0v) is 20.3. The average molecular weight is 488 g/mol. The highest BCUT2D eigenvalue weighted by molar-refractivity contribution is 6.46. The molecule has 0 aromatic heterocycles. The molecule has 1 aliphatic heterocycles. The van der Waals surface area contributed by atoms with E-state index in [9.17, 15) is 19.8 Å². The summed E-state index contributed by atoms with van der Waals surface area (Å²) in [7, 11) is 1.56. The number of aromatic hydroxyl groups is 1. The second-order valence-electron chi connectivity index (χ2n) is 8.74. The molecule has 186 valence electrons. The van der Waals surface area contributed by atoms with Crippen LogP contribution in [0, 0.1) is 6.92 Å². The van der Waals surface area contributed by atoms with E-state index < -0.39 is 17.7 Å². The number of Topliss-reactive ketones (excluding diaryl/α,β-unsaturated/α-hetero) is 1. The number of benzene rings is 3. The number of amides is 1. The number of aryl methyl sites for hydroxylation is 1. The fourth-order valence-corrected chi connectivity index (χ4v) is 4.36. The number of methoxy groups -OCH3 is 1. The second kappa shape index (κ2) is 11.1. The van der Waals surface area contributed by atoms with Gasteiger partial charge in [0.25, 0.3) is 11.7 Å². The minimum Gasteiger partial charge on any atom is -0.508 e. The summed E-state index contributed by atoms with van der Waals surface area (Å²) < 4.78 is 11.0. The lowest BCUT2D eigenvalue weighted by atomic mass is 9.95. The van der Waals surface area contributed by atoms with Crippen LogP contribution in [-0.2, 0) is 20.9 Å². The molecule has 3 aromatic rings. The van der Waals surface area contributed by atoms with Gasteiger partial charge in [0.05, 0.1) is 11.6 Å². The molecule has 3 aromatic carbocycles. The molecular formula is C29H29NO6. The summed E-state index contributed by atoms with van der Waals surface area (Å²) >= 11 is 0. The Morgan fingerprint density at radius 3 is 2.44 bits per heavy atom. The summed E-state index contributed by atoms with van der Waals surface area (Å²) in [5.41, 5.74) is 3.10. The number of ether oxygens (including phenoxy) is 2. The minimum absolute atomic E-state index is 0.00471. The van der Waals surface area contributed by atoms with Crippen LogP contribution >= 0.6 is 0 Å². The first kappa shape index (κ1) is 25.0. The van der Waals surface area contributed by atoms with Gasteiger partial charge in [-0.1, -0.05) is 42.0 Å². The number of hydrogen-bond acceptors (Lipinski definition) is 6. The van der Waals surface area contributed by atoms with Crippen LogP contribution < -0.4 is 4.74 Å². The van der Waals surface area contributed by atoms with E-state index >= 15 is 0 Å². The highest BCUT2D eigenvalue weighted by Gasteiger charge is 2.45. The third-order valence-electron chi connectivity index (χ3n) is 6.09. The predicted octanol–water partition coefficient (Wildman–Crippen LogP) is 4.74. The smallest absolute Gasteiger partial charge is 0.295 e. The maximum absolute atomic E-state index is 13.1. The summed E-state index contributed by atoms with van der Waals surface area (Å²) in [4.78, 5) is 27.4. The molecule has 0 bridgehead atoms.